The van der Waals surface area contributed by atoms with Crippen molar-refractivity contribution in [2.75, 3.05) is 0 Å². The molecule has 3 nitrogen and oxygen atoms in total. The molecule has 96 valence electrons. The van der Waals surface area contributed by atoms with Crippen LogP contribution in [0.3, 0.4) is 0 Å². The van der Waals surface area contributed by atoms with E-state index in [1.807, 2.05) is 12.1 Å². The maximum Gasteiger partial charge on any atom is 0.233 e. The number of amides is 2. The van der Waals surface area contributed by atoms with Crippen molar-refractivity contribution in [3.05, 3.63) is 33.3 Å². The molecule has 1 aliphatic rings. The third-order valence-corrected chi connectivity index (χ3v) is 4.25. The first-order valence-electron chi connectivity index (χ1n) is 5.71. The summed E-state index contributed by atoms with van der Waals surface area (Å²) >= 11 is 9.42. The van der Waals surface area contributed by atoms with Gasteiger partial charge in [0.1, 0.15) is 0 Å². The van der Waals surface area contributed by atoms with Crippen molar-refractivity contribution < 1.29 is 9.59 Å². The van der Waals surface area contributed by atoms with Crippen LogP contribution in [0, 0.1) is 11.8 Å². The topological polar surface area (TPSA) is 37.4 Å². The second-order valence-corrected chi connectivity index (χ2v) is 5.90. The quantitative estimate of drug-likeness (QED) is 0.781. The number of hydrogen-bond acceptors (Lipinski definition) is 2. The molecule has 2 rings (SSSR count). The lowest BCUT2D eigenvalue weighted by molar-refractivity contribution is -0.140. The van der Waals surface area contributed by atoms with Gasteiger partial charge in [-0.15, -0.1) is 0 Å². The lowest BCUT2D eigenvalue weighted by atomic mass is 10.00. The third-order valence-electron chi connectivity index (χ3n) is 3.40. The van der Waals surface area contributed by atoms with Crippen LogP contribution < -0.4 is 0 Å². The summed E-state index contributed by atoms with van der Waals surface area (Å²) < 4.78 is 0.872. The number of hydrogen-bond donors (Lipinski definition) is 0. The molecule has 2 atom stereocenters. The summed E-state index contributed by atoms with van der Waals surface area (Å²) in [5, 5.41) is 0.553. The molecule has 1 aliphatic heterocycles. The summed E-state index contributed by atoms with van der Waals surface area (Å²) in [6.45, 7) is 3.82. The maximum atomic E-state index is 12.0. The highest BCUT2D eigenvalue weighted by Gasteiger charge is 2.42. The molecule has 2 amide bonds. The number of rotatable bonds is 2. The highest BCUT2D eigenvalue weighted by Crippen LogP contribution is 2.29. The van der Waals surface area contributed by atoms with Gasteiger partial charge in [0, 0.05) is 21.3 Å². The molecule has 1 fully saturated rings. The minimum Gasteiger partial charge on any atom is -0.278 e. The van der Waals surface area contributed by atoms with Gasteiger partial charge in [0.05, 0.1) is 6.54 Å². The molecule has 0 aromatic heterocycles. The van der Waals surface area contributed by atoms with E-state index in [1.165, 1.54) is 4.90 Å². The number of halogens is 2. The zero-order chi connectivity index (χ0) is 13.4. The number of imide groups is 1. The summed E-state index contributed by atoms with van der Waals surface area (Å²) in [5.41, 5.74) is 0.780. The maximum absolute atomic E-state index is 12.0. The van der Waals surface area contributed by atoms with Crippen LogP contribution in [0.15, 0.2) is 22.7 Å². The molecular weight excluding hydrogens is 318 g/mol. The Morgan fingerprint density at radius 2 is 1.78 bits per heavy atom. The number of benzene rings is 1. The lowest BCUT2D eigenvalue weighted by Crippen LogP contribution is -2.30. The molecule has 0 bridgehead atoms. The van der Waals surface area contributed by atoms with Gasteiger partial charge in [-0.25, -0.2) is 0 Å². The predicted octanol–water partition coefficient (Wildman–Crippen LogP) is 3.24. The normalized spacial score (nSPS) is 23.9. The van der Waals surface area contributed by atoms with Crippen LogP contribution in [0.25, 0.3) is 0 Å². The molecule has 18 heavy (non-hydrogen) atoms. The first-order chi connectivity index (χ1) is 8.41. The van der Waals surface area contributed by atoms with E-state index in [4.69, 9.17) is 11.6 Å². The van der Waals surface area contributed by atoms with Gasteiger partial charge < -0.3 is 0 Å². The molecule has 1 aromatic rings. The van der Waals surface area contributed by atoms with Gasteiger partial charge in [-0.1, -0.05) is 47.4 Å². The van der Waals surface area contributed by atoms with E-state index in [0.29, 0.717) is 5.02 Å². The van der Waals surface area contributed by atoms with Crippen LogP contribution in [0.5, 0.6) is 0 Å². The van der Waals surface area contributed by atoms with Gasteiger partial charge in [-0.05, 0) is 17.7 Å². The van der Waals surface area contributed by atoms with E-state index in [-0.39, 0.29) is 30.2 Å². The molecule has 0 radical (unpaired) electrons. The Labute approximate surface area is 119 Å². The Bertz CT molecular complexity index is 498. The SMILES string of the molecule is CC1C(=O)N(Cc2ccc(Br)cc2Cl)C(=O)C1C. The summed E-state index contributed by atoms with van der Waals surface area (Å²) in [7, 11) is 0. The van der Waals surface area contributed by atoms with Crippen molar-refractivity contribution >= 4 is 39.3 Å². The molecule has 5 heteroatoms. The molecule has 0 aliphatic carbocycles. The molecule has 0 N–H and O–H groups in total. The lowest BCUT2D eigenvalue weighted by Gasteiger charge is -2.15. The number of carbonyl (C=O) groups is 2. The minimum absolute atomic E-state index is 0.119. The third kappa shape index (κ3) is 2.31. The van der Waals surface area contributed by atoms with Crippen LogP contribution in [-0.2, 0) is 16.1 Å². The van der Waals surface area contributed by atoms with Crippen molar-refractivity contribution in [2.45, 2.75) is 20.4 Å². The van der Waals surface area contributed by atoms with Gasteiger partial charge in [0.25, 0.3) is 0 Å². The molecular formula is C13H13BrClNO2. The van der Waals surface area contributed by atoms with E-state index in [2.05, 4.69) is 15.9 Å². The number of nitrogens with zero attached hydrogens (tertiary/aromatic N) is 1. The van der Waals surface area contributed by atoms with Crippen LogP contribution in [0.2, 0.25) is 5.02 Å². The van der Waals surface area contributed by atoms with Crippen molar-refractivity contribution in [3.63, 3.8) is 0 Å². The van der Waals surface area contributed by atoms with Gasteiger partial charge >= 0.3 is 0 Å². The van der Waals surface area contributed by atoms with Crippen molar-refractivity contribution in [2.24, 2.45) is 11.8 Å². The Hall–Kier alpha value is -0.870. The molecule has 1 heterocycles. The number of carbonyl (C=O) groups excluding carboxylic acids is 2. The molecule has 1 aromatic carbocycles. The van der Waals surface area contributed by atoms with Crippen molar-refractivity contribution in [1.82, 2.24) is 4.90 Å². The summed E-state index contributed by atoms with van der Waals surface area (Å²) in [5.74, 6) is -0.726. The smallest absolute Gasteiger partial charge is 0.233 e. The van der Waals surface area contributed by atoms with E-state index < -0.39 is 0 Å². The average molecular weight is 331 g/mol. The van der Waals surface area contributed by atoms with Gasteiger partial charge in [-0.2, -0.15) is 0 Å². The zero-order valence-corrected chi connectivity index (χ0v) is 12.5. The van der Waals surface area contributed by atoms with Crippen LogP contribution in [0.4, 0.5) is 0 Å². The monoisotopic (exact) mass is 329 g/mol. The van der Waals surface area contributed by atoms with Crippen LogP contribution >= 0.6 is 27.5 Å². The van der Waals surface area contributed by atoms with E-state index >= 15 is 0 Å². The standard InChI is InChI=1S/C13H13BrClNO2/c1-7-8(2)13(18)16(12(7)17)6-9-3-4-10(14)5-11(9)15/h3-5,7-8H,6H2,1-2H3. The Morgan fingerprint density at radius 1 is 1.22 bits per heavy atom. The first-order valence-corrected chi connectivity index (χ1v) is 6.88. The van der Waals surface area contributed by atoms with E-state index in [0.717, 1.165) is 10.0 Å². The fraction of sp³-hybridized carbons (Fsp3) is 0.385. The second-order valence-electron chi connectivity index (χ2n) is 4.58. The van der Waals surface area contributed by atoms with E-state index in [9.17, 15) is 9.59 Å². The Kier molecular flexibility index (Phi) is 3.78. The van der Waals surface area contributed by atoms with Gasteiger partial charge in [0.15, 0.2) is 0 Å². The highest BCUT2D eigenvalue weighted by molar-refractivity contribution is 9.10. The zero-order valence-electron chi connectivity index (χ0n) is 10.1. The molecule has 2 unspecified atom stereocenters. The fourth-order valence-electron chi connectivity index (χ4n) is 2.00. The first kappa shape index (κ1) is 13.6. The van der Waals surface area contributed by atoms with Gasteiger partial charge in [-0.3, -0.25) is 14.5 Å². The Balaban J connectivity index is 2.24. The number of likely N-dealkylation sites (tertiary alicyclic amines) is 1. The minimum atomic E-state index is -0.244. The van der Waals surface area contributed by atoms with Crippen LogP contribution in [0.1, 0.15) is 19.4 Å². The fourth-order valence-corrected chi connectivity index (χ4v) is 2.74. The summed E-state index contributed by atoms with van der Waals surface area (Å²) in [6, 6.07) is 5.43. The average Bonchev–Trinajstić information content (AvgIpc) is 2.50. The van der Waals surface area contributed by atoms with Crippen molar-refractivity contribution in [1.29, 1.82) is 0 Å². The van der Waals surface area contributed by atoms with E-state index in [1.54, 1.807) is 19.9 Å². The highest BCUT2D eigenvalue weighted by atomic mass is 79.9. The molecule has 1 saturated heterocycles. The largest absolute Gasteiger partial charge is 0.278 e. The molecule has 0 spiro atoms. The Morgan fingerprint density at radius 3 is 2.28 bits per heavy atom. The second kappa shape index (κ2) is 5.02. The summed E-state index contributed by atoms with van der Waals surface area (Å²) in [6.07, 6.45) is 0. The van der Waals surface area contributed by atoms with Crippen LogP contribution in [-0.4, -0.2) is 16.7 Å². The molecule has 0 saturated carbocycles. The van der Waals surface area contributed by atoms with Gasteiger partial charge in [0.2, 0.25) is 11.8 Å². The summed E-state index contributed by atoms with van der Waals surface area (Å²) in [4.78, 5) is 25.2. The predicted molar refractivity (Wildman–Crippen MR) is 73.0 cm³/mol. The van der Waals surface area contributed by atoms with Crippen molar-refractivity contribution in [3.8, 4) is 0 Å².